The number of hydroxylamine groups is 1. The highest BCUT2D eigenvalue weighted by Crippen LogP contribution is 2.30. The molecule has 23 heavy (non-hydrogen) atoms. The molecule has 1 aromatic carbocycles. The first kappa shape index (κ1) is 16.9. The first-order valence-corrected chi connectivity index (χ1v) is 8.60. The van der Waals surface area contributed by atoms with Crippen molar-refractivity contribution < 1.29 is 17.5 Å². The number of nitrogens with zero attached hydrogens (tertiary/aromatic N) is 1. The molecule has 0 saturated carbocycles. The summed E-state index contributed by atoms with van der Waals surface area (Å²) in [7, 11) is -4.23. The van der Waals surface area contributed by atoms with Crippen LogP contribution in [0.4, 0.5) is 0 Å². The van der Waals surface area contributed by atoms with E-state index in [-0.39, 0.29) is 4.88 Å². The molecule has 4 N–H and O–H groups in total. The molecule has 2 rings (SSSR count). The van der Waals surface area contributed by atoms with Gasteiger partial charge in [-0.2, -0.15) is 13.7 Å². The van der Waals surface area contributed by atoms with E-state index in [9.17, 15) is 18.5 Å². The number of aryl methyl sites for hydroxylation is 1. The molecule has 0 saturated heterocycles. The zero-order valence-corrected chi connectivity index (χ0v) is 13.5. The second-order valence-electron chi connectivity index (χ2n) is 4.62. The number of hydrogen-bond donors (Lipinski definition) is 3. The van der Waals surface area contributed by atoms with Gasteiger partial charge in [-0.1, -0.05) is 6.07 Å². The molecule has 0 atom stereocenters. The van der Waals surface area contributed by atoms with Gasteiger partial charge in [-0.05, 0) is 24.6 Å². The molecule has 0 amide bonds. The molecule has 0 bridgehead atoms. The van der Waals surface area contributed by atoms with E-state index in [2.05, 4.69) is 10.4 Å². The van der Waals surface area contributed by atoms with E-state index >= 15 is 0 Å². The minimum atomic E-state index is -4.23. The topological polar surface area (TPSA) is 146 Å². The normalized spacial score (nSPS) is 11.1. The van der Waals surface area contributed by atoms with Crippen molar-refractivity contribution in [2.45, 2.75) is 6.92 Å². The van der Waals surface area contributed by atoms with Crippen molar-refractivity contribution in [1.82, 2.24) is 5.48 Å². The maximum Gasteiger partial charge on any atom is 0.295 e. The first-order chi connectivity index (χ1) is 10.7. The Bertz CT molecular complexity index is 941. The highest BCUT2D eigenvalue weighted by atomic mass is 32.2. The molecule has 1 aromatic heterocycles. The Morgan fingerprint density at radius 3 is 2.83 bits per heavy atom. The Labute approximate surface area is 136 Å². The van der Waals surface area contributed by atoms with Crippen molar-refractivity contribution in [2.75, 3.05) is 5.75 Å². The Morgan fingerprint density at radius 1 is 1.52 bits per heavy atom. The van der Waals surface area contributed by atoms with Crippen LogP contribution >= 0.6 is 11.3 Å². The van der Waals surface area contributed by atoms with E-state index in [0.29, 0.717) is 10.9 Å². The van der Waals surface area contributed by atoms with Gasteiger partial charge >= 0.3 is 0 Å². The van der Waals surface area contributed by atoms with Crippen LogP contribution in [0.5, 0.6) is 0 Å². The maximum absolute atomic E-state index is 12.1. The molecule has 0 radical (unpaired) electrons. The van der Waals surface area contributed by atoms with Crippen molar-refractivity contribution in [3.8, 4) is 6.07 Å². The van der Waals surface area contributed by atoms with E-state index in [1.165, 1.54) is 6.07 Å². The van der Waals surface area contributed by atoms with Gasteiger partial charge in [0, 0.05) is 10.1 Å². The molecule has 8 nitrogen and oxygen atoms in total. The van der Waals surface area contributed by atoms with Gasteiger partial charge in [0.15, 0.2) is 5.78 Å². The van der Waals surface area contributed by atoms with Crippen LogP contribution < -0.4 is 11.2 Å². The van der Waals surface area contributed by atoms with Crippen LogP contribution in [0.15, 0.2) is 18.2 Å². The molecule has 0 aliphatic carbocycles. The third-order valence-electron chi connectivity index (χ3n) is 2.88. The summed E-state index contributed by atoms with van der Waals surface area (Å²) < 4.78 is 28.2. The second kappa shape index (κ2) is 6.33. The molecule has 0 fully saturated rings. The molecular formula is C13H12N4O4S2. The minimum absolute atomic E-state index is 0.206. The van der Waals surface area contributed by atoms with E-state index < -0.39 is 27.6 Å². The summed E-state index contributed by atoms with van der Waals surface area (Å²) in [6.45, 7) is 1.78. The number of Topliss-reactive ketones (excluding diaryl/α,β-unsaturated/α-hetero) is 1. The molecule has 0 spiro atoms. The zero-order chi connectivity index (χ0) is 17.2. The number of fused-ring (bicyclic) bond motifs is 1. The zero-order valence-electron chi connectivity index (χ0n) is 11.9. The number of ketones is 1. The summed E-state index contributed by atoms with van der Waals surface area (Å²) in [4.78, 5) is 12.3. The standard InChI is InChI=1S/C13H12N4O4S2/c1-7-2-3-11-8(9(7)5-14)4-12(22-11)10(18)6-23(19,20)21-17-13(15)16/h2-4H,6H2,1H3,(H4,15,16,17). The van der Waals surface area contributed by atoms with Crippen LogP contribution in [0, 0.1) is 23.7 Å². The third-order valence-corrected chi connectivity index (χ3v) is 4.98. The van der Waals surface area contributed by atoms with Crippen molar-refractivity contribution in [2.24, 2.45) is 5.73 Å². The van der Waals surface area contributed by atoms with Gasteiger partial charge in [0.2, 0.25) is 5.96 Å². The Balaban J connectivity index is 2.29. The van der Waals surface area contributed by atoms with Gasteiger partial charge < -0.3 is 5.73 Å². The average molecular weight is 352 g/mol. The highest BCUT2D eigenvalue weighted by Gasteiger charge is 2.22. The van der Waals surface area contributed by atoms with E-state index in [1.807, 2.05) is 0 Å². The van der Waals surface area contributed by atoms with E-state index in [0.717, 1.165) is 21.6 Å². The van der Waals surface area contributed by atoms with E-state index in [1.54, 1.807) is 24.5 Å². The van der Waals surface area contributed by atoms with Gasteiger partial charge in [0.25, 0.3) is 10.1 Å². The minimum Gasteiger partial charge on any atom is -0.368 e. The van der Waals surface area contributed by atoms with Crippen LogP contribution in [-0.4, -0.2) is 25.9 Å². The summed E-state index contributed by atoms with van der Waals surface area (Å²) in [5, 5.41) is 16.6. The van der Waals surface area contributed by atoms with Crippen LogP contribution in [0.25, 0.3) is 10.1 Å². The molecule has 0 aliphatic heterocycles. The predicted octanol–water partition coefficient (Wildman–Crippen LogP) is 1.01. The molecule has 2 aromatic rings. The Kier molecular flexibility index (Phi) is 4.65. The number of rotatable bonds is 5. The largest absolute Gasteiger partial charge is 0.368 e. The van der Waals surface area contributed by atoms with Gasteiger partial charge in [0.05, 0.1) is 10.4 Å². The van der Waals surface area contributed by atoms with Gasteiger partial charge in [-0.25, -0.2) is 5.48 Å². The number of thiophene rings is 1. The molecule has 120 valence electrons. The number of nitriles is 1. The number of nitrogens with one attached hydrogen (secondary N) is 2. The molecule has 0 unspecified atom stereocenters. The lowest BCUT2D eigenvalue weighted by Gasteiger charge is -2.03. The van der Waals surface area contributed by atoms with E-state index in [4.69, 9.17) is 11.1 Å². The highest BCUT2D eigenvalue weighted by molar-refractivity contribution is 7.87. The van der Waals surface area contributed by atoms with Crippen molar-refractivity contribution >= 4 is 43.3 Å². The van der Waals surface area contributed by atoms with Crippen molar-refractivity contribution in [1.29, 1.82) is 10.7 Å². The number of carbonyl (C=O) groups excluding carboxylic acids is 1. The lowest BCUT2D eigenvalue weighted by atomic mass is 10.1. The quantitative estimate of drug-likeness (QED) is 0.315. The van der Waals surface area contributed by atoms with Gasteiger partial charge in [-0.3, -0.25) is 10.2 Å². The smallest absolute Gasteiger partial charge is 0.295 e. The Morgan fingerprint density at radius 2 is 2.22 bits per heavy atom. The SMILES string of the molecule is Cc1ccc2sc(C(=O)CS(=O)(=O)ONC(=N)N)cc2c1C#N. The summed E-state index contributed by atoms with van der Waals surface area (Å²) >= 11 is 1.10. The number of nitrogens with two attached hydrogens (primary N) is 1. The molecular weight excluding hydrogens is 340 g/mol. The van der Waals surface area contributed by atoms with Gasteiger partial charge in [-0.15, -0.1) is 15.6 Å². The van der Waals surface area contributed by atoms with Crippen LogP contribution in [0.3, 0.4) is 0 Å². The Hall–Kier alpha value is -2.48. The van der Waals surface area contributed by atoms with Crippen LogP contribution in [0.1, 0.15) is 20.8 Å². The number of benzene rings is 1. The summed E-state index contributed by atoms with van der Waals surface area (Å²) in [5.74, 6) is -2.27. The second-order valence-corrected chi connectivity index (χ2v) is 7.27. The molecule has 1 heterocycles. The fourth-order valence-electron chi connectivity index (χ4n) is 1.88. The predicted molar refractivity (Wildman–Crippen MR) is 85.5 cm³/mol. The average Bonchev–Trinajstić information content (AvgIpc) is 2.89. The number of hydrogen-bond acceptors (Lipinski definition) is 7. The van der Waals surface area contributed by atoms with Crippen molar-refractivity contribution in [3.63, 3.8) is 0 Å². The lowest BCUT2D eigenvalue weighted by Crippen LogP contribution is -2.34. The van der Waals surface area contributed by atoms with Crippen molar-refractivity contribution in [3.05, 3.63) is 34.2 Å². The van der Waals surface area contributed by atoms with Crippen LogP contribution in [0.2, 0.25) is 0 Å². The van der Waals surface area contributed by atoms with Crippen LogP contribution in [-0.2, 0) is 14.4 Å². The lowest BCUT2D eigenvalue weighted by molar-refractivity contribution is 0.102. The van der Waals surface area contributed by atoms with Gasteiger partial charge in [0.1, 0.15) is 11.8 Å². The monoisotopic (exact) mass is 352 g/mol. The summed E-state index contributed by atoms with van der Waals surface area (Å²) in [5.41, 5.74) is 7.81. The molecule has 0 aliphatic rings. The fraction of sp³-hybridized carbons (Fsp3) is 0.154. The number of carbonyl (C=O) groups is 1. The summed E-state index contributed by atoms with van der Waals surface area (Å²) in [6, 6.07) is 7.12. The molecule has 10 heteroatoms. The summed E-state index contributed by atoms with van der Waals surface area (Å²) in [6.07, 6.45) is 0. The third kappa shape index (κ3) is 3.84. The number of guanidine groups is 1. The first-order valence-electron chi connectivity index (χ1n) is 6.21. The fourth-order valence-corrected chi connectivity index (χ4v) is 3.73. The maximum atomic E-state index is 12.1.